The van der Waals surface area contributed by atoms with Crippen LogP contribution < -0.4 is 10.6 Å². The van der Waals surface area contributed by atoms with Crippen molar-refractivity contribution in [2.45, 2.75) is 13.1 Å². The molecule has 2 heterocycles. The van der Waals surface area contributed by atoms with Gasteiger partial charge in [-0.25, -0.2) is 4.98 Å². The lowest BCUT2D eigenvalue weighted by atomic mass is 10.3. The Kier molecular flexibility index (Phi) is 3.62. The largest absolute Gasteiger partial charge is 0.354 e. The van der Waals surface area contributed by atoms with Crippen LogP contribution in [0.5, 0.6) is 0 Å². The third-order valence-corrected chi connectivity index (χ3v) is 2.43. The van der Waals surface area contributed by atoms with Crippen molar-refractivity contribution in [2.75, 3.05) is 11.9 Å². The van der Waals surface area contributed by atoms with Gasteiger partial charge in [-0.3, -0.25) is 9.97 Å². The molecule has 17 heavy (non-hydrogen) atoms. The fourth-order valence-corrected chi connectivity index (χ4v) is 1.50. The summed E-state index contributed by atoms with van der Waals surface area (Å²) in [5, 5.41) is 0. The Morgan fingerprint density at radius 1 is 1.24 bits per heavy atom. The van der Waals surface area contributed by atoms with E-state index in [-0.39, 0.29) is 0 Å². The van der Waals surface area contributed by atoms with Crippen molar-refractivity contribution in [1.29, 1.82) is 0 Å². The molecule has 2 N–H and O–H groups in total. The number of pyridine rings is 1. The second-order valence-electron chi connectivity index (χ2n) is 3.79. The third-order valence-electron chi connectivity index (χ3n) is 2.43. The summed E-state index contributed by atoms with van der Waals surface area (Å²) in [7, 11) is 1.97. The Bertz CT molecular complexity index is 454. The van der Waals surface area contributed by atoms with Crippen molar-refractivity contribution in [3.05, 3.63) is 48.2 Å². The predicted octanol–water partition coefficient (Wildman–Crippen LogP) is 0.967. The van der Waals surface area contributed by atoms with Crippen molar-refractivity contribution in [2.24, 2.45) is 5.73 Å². The summed E-state index contributed by atoms with van der Waals surface area (Å²) >= 11 is 0. The highest BCUT2D eigenvalue weighted by Gasteiger charge is 2.04. The van der Waals surface area contributed by atoms with Crippen molar-refractivity contribution in [3.8, 4) is 0 Å². The van der Waals surface area contributed by atoms with Crippen LogP contribution >= 0.6 is 0 Å². The van der Waals surface area contributed by atoms with Gasteiger partial charge < -0.3 is 10.6 Å². The average Bonchev–Trinajstić information content (AvgIpc) is 2.40. The zero-order chi connectivity index (χ0) is 12.1. The minimum absolute atomic E-state index is 0.416. The first-order valence-electron chi connectivity index (χ1n) is 5.40. The molecular formula is C12H15N5. The molecule has 0 aliphatic heterocycles. The number of nitrogens with zero attached hydrogens (tertiary/aromatic N) is 4. The summed E-state index contributed by atoms with van der Waals surface area (Å²) < 4.78 is 0. The van der Waals surface area contributed by atoms with Crippen LogP contribution in [-0.4, -0.2) is 22.0 Å². The average molecular weight is 229 g/mol. The van der Waals surface area contributed by atoms with E-state index in [0.717, 1.165) is 23.6 Å². The molecule has 0 amide bonds. The maximum Gasteiger partial charge on any atom is 0.147 e. The van der Waals surface area contributed by atoms with Gasteiger partial charge >= 0.3 is 0 Å². The first-order valence-corrected chi connectivity index (χ1v) is 5.40. The van der Waals surface area contributed by atoms with Gasteiger partial charge in [-0.2, -0.15) is 0 Å². The first kappa shape index (κ1) is 11.5. The first-order chi connectivity index (χ1) is 8.29. The fourth-order valence-electron chi connectivity index (χ4n) is 1.50. The molecule has 88 valence electrons. The maximum absolute atomic E-state index is 5.48. The van der Waals surface area contributed by atoms with Crippen molar-refractivity contribution < 1.29 is 0 Å². The lowest BCUT2D eigenvalue weighted by molar-refractivity contribution is 0.869. The Morgan fingerprint density at radius 3 is 2.71 bits per heavy atom. The molecule has 0 atom stereocenters. The Morgan fingerprint density at radius 2 is 2.12 bits per heavy atom. The topological polar surface area (TPSA) is 67.9 Å². The predicted molar refractivity (Wildman–Crippen MR) is 66.3 cm³/mol. The molecule has 0 aromatic carbocycles. The number of hydrogen-bond donors (Lipinski definition) is 1. The maximum atomic E-state index is 5.48. The van der Waals surface area contributed by atoms with E-state index in [1.54, 1.807) is 18.6 Å². The van der Waals surface area contributed by atoms with Gasteiger partial charge in [0.05, 0.1) is 18.1 Å². The fraction of sp³-hybridized carbons (Fsp3) is 0.250. The molecule has 0 aliphatic carbocycles. The van der Waals surface area contributed by atoms with Crippen LogP contribution in [0.15, 0.2) is 36.9 Å². The number of nitrogens with two attached hydrogens (primary N) is 1. The molecule has 0 unspecified atom stereocenters. The Hall–Kier alpha value is -2.01. The minimum Gasteiger partial charge on any atom is -0.354 e. The van der Waals surface area contributed by atoms with E-state index < -0.39 is 0 Å². The van der Waals surface area contributed by atoms with E-state index >= 15 is 0 Å². The van der Waals surface area contributed by atoms with Crippen LogP contribution in [-0.2, 0) is 13.1 Å². The molecular weight excluding hydrogens is 214 g/mol. The summed E-state index contributed by atoms with van der Waals surface area (Å²) in [4.78, 5) is 14.6. The number of hydrogen-bond acceptors (Lipinski definition) is 5. The third kappa shape index (κ3) is 2.98. The molecule has 0 radical (unpaired) electrons. The van der Waals surface area contributed by atoms with Crippen LogP contribution in [0.3, 0.4) is 0 Å². The second kappa shape index (κ2) is 5.36. The smallest absolute Gasteiger partial charge is 0.147 e. The van der Waals surface area contributed by atoms with Crippen LogP contribution in [0.2, 0.25) is 0 Å². The van der Waals surface area contributed by atoms with Gasteiger partial charge in [0.1, 0.15) is 5.82 Å². The van der Waals surface area contributed by atoms with Gasteiger partial charge in [-0.1, -0.05) is 6.07 Å². The Labute approximate surface area is 100 Å². The van der Waals surface area contributed by atoms with Gasteiger partial charge in [0, 0.05) is 32.5 Å². The van der Waals surface area contributed by atoms with Crippen LogP contribution in [0.4, 0.5) is 5.82 Å². The lowest BCUT2D eigenvalue weighted by Crippen LogP contribution is -2.18. The molecule has 0 saturated heterocycles. The van der Waals surface area contributed by atoms with E-state index in [4.69, 9.17) is 5.73 Å². The van der Waals surface area contributed by atoms with Gasteiger partial charge in [0.25, 0.3) is 0 Å². The zero-order valence-corrected chi connectivity index (χ0v) is 9.74. The van der Waals surface area contributed by atoms with E-state index in [0.29, 0.717) is 6.54 Å². The van der Waals surface area contributed by atoms with Crippen molar-refractivity contribution >= 4 is 5.82 Å². The van der Waals surface area contributed by atoms with Crippen LogP contribution in [0.25, 0.3) is 0 Å². The van der Waals surface area contributed by atoms with Crippen LogP contribution in [0, 0.1) is 0 Å². The SMILES string of the molecule is CN(Cc1cccnc1)c1cnc(CN)cn1. The quantitative estimate of drug-likeness (QED) is 0.846. The monoisotopic (exact) mass is 229 g/mol. The summed E-state index contributed by atoms with van der Waals surface area (Å²) in [6.07, 6.45) is 7.05. The Balaban J connectivity index is 2.06. The molecule has 0 aliphatic rings. The van der Waals surface area contributed by atoms with Gasteiger partial charge in [0.2, 0.25) is 0 Å². The molecule has 0 fully saturated rings. The molecule has 2 aromatic heterocycles. The zero-order valence-electron chi connectivity index (χ0n) is 9.74. The number of aromatic nitrogens is 3. The summed E-state index contributed by atoms with van der Waals surface area (Å²) in [5.74, 6) is 0.825. The van der Waals surface area contributed by atoms with Gasteiger partial charge in [-0.05, 0) is 11.6 Å². The molecule has 5 heteroatoms. The summed E-state index contributed by atoms with van der Waals surface area (Å²) in [5.41, 5.74) is 7.41. The van der Waals surface area contributed by atoms with Crippen LogP contribution in [0.1, 0.15) is 11.3 Å². The molecule has 2 aromatic rings. The number of anilines is 1. The lowest BCUT2D eigenvalue weighted by Gasteiger charge is -2.17. The standard InChI is InChI=1S/C12H15N5/c1-17(9-10-3-2-4-14-6-10)12-8-15-11(5-13)7-16-12/h2-4,6-8H,5,9,13H2,1H3. The van der Waals surface area contributed by atoms with E-state index in [9.17, 15) is 0 Å². The van der Waals surface area contributed by atoms with E-state index in [1.165, 1.54) is 0 Å². The highest BCUT2D eigenvalue weighted by molar-refractivity contribution is 5.35. The number of rotatable bonds is 4. The van der Waals surface area contributed by atoms with E-state index in [1.807, 2.05) is 30.3 Å². The molecule has 2 rings (SSSR count). The normalized spacial score (nSPS) is 10.2. The highest BCUT2D eigenvalue weighted by atomic mass is 15.2. The van der Waals surface area contributed by atoms with Gasteiger partial charge in [0.15, 0.2) is 0 Å². The second-order valence-corrected chi connectivity index (χ2v) is 3.79. The van der Waals surface area contributed by atoms with Crippen molar-refractivity contribution in [3.63, 3.8) is 0 Å². The summed E-state index contributed by atoms with van der Waals surface area (Å²) in [6.45, 7) is 1.17. The molecule has 0 spiro atoms. The van der Waals surface area contributed by atoms with Gasteiger partial charge in [-0.15, -0.1) is 0 Å². The molecule has 0 bridgehead atoms. The van der Waals surface area contributed by atoms with E-state index in [2.05, 4.69) is 15.0 Å². The molecule has 5 nitrogen and oxygen atoms in total. The van der Waals surface area contributed by atoms with Crippen molar-refractivity contribution in [1.82, 2.24) is 15.0 Å². The molecule has 0 saturated carbocycles. The summed E-state index contributed by atoms with van der Waals surface area (Å²) in [6, 6.07) is 3.96. The highest BCUT2D eigenvalue weighted by Crippen LogP contribution is 2.10. The minimum atomic E-state index is 0.416.